The third-order valence-corrected chi connectivity index (χ3v) is 4.95. The molecule has 0 radical (unpaired) electrons. The van der Waals surface area contributed by atoms with Crippen molar-refractivity contribution in [2.24, 2.45) is 5.92 Å². The fourth-order valence-electron chi connectivity index (χ4n) is 3.83. The number of pyridine rings is 1. The molecule has 0 spiro atoms. The van der Waals surface area contributed by atoms with Crippen molar-refractivity contribution in [3.8, 4) is 6.07 Å². The zero-order valence-electron chi connectivity index (χ0n) is 14.7. The van der Waals surface area contributed by atoms with Gasteiger partial charge in [-0.15, -0.1) is 0 Å². The standard InChI is InChI=1S/C20H23FN4/c1-24(13-15-5-6-19(21)18(10-15)11-22)14-17-7-9-25(2)20(17)16-4-3-8-23-12-16/h3-6,8,10,12,17,20H,7,9,13-14H2,1-2H3/t17-,20-/m0/s1. The Labute approximate surface area is 148 Å². The van der Waals surface area contributed by atoms with Gasteiger partial charge in [0.1, 0.15) is 11.9 Å². The summed E-state index contributed by atoms with van der Waals surface area (Å²) in [5.74, 6) is 0.0676. The molecule has 2 heterocycles. The molecular weight excluding hydrogens is 315 g/mol. The fraction of sp³-hybridized carbons (Fsp3) is 0.400. The Morgan fingerprint density at radius 2 is 2.24 bits per heavy atom. The molecule has 2 atom stereocenters. The first kappa shape index (κ1) is 17.5. The van der Waals surface area contributed by atoms with Crippen LogP contribution >= 0.6 is 0 Å². The first-order chi connectivity index (χ1) is 12.1. The number of hydrogen-bond donors (Lipinski definition) is 0. The summed E-state index contributed by atoms with van der Waals surface area (Å²) >= 11 is 0. The molecule has 1 aliphatic heterocycles. The van der Waals surface area contributed by atoms with E-state index in [1.54, 1.807) is 18.3 Å². The average Bonchev–Trinajstić information content (AvgIpc) is 2.97. The Bertz CT molecular complexity index is 756. The number of rotatable bonds is 5. The van der Waals surface area contributed by atoms with Crippen LogP contribution in [0, 0.1) is 23.1 Å². The van der Waals surface area contributed by atoms with Crippen LogP contribution in [-0.4, -0.2) is 42.0 Å². The molecule has 1 aliphatic rings. The molecule has 0 unspecified atom stereocenters. The van der Waals surface area contributed by atoms with Crippen LogP contribution in [0.2, 0.25) is 0 Å². The highest BCUT2D eigenvalue weighted by molar-refractivity contribution is 5.34. The molecule has 1 aromatic heterocycles. The summed E-state index contributed by atoms with van der Waals surface area (Å²) in [4.78, 5) is 8.91. The number of hydrogen-bond acceptors (Lipinski definition) is 4. The van der Waals surface area contributed by atoms with Crippen molar-refractivity contribution >= 4 is 0 Å². The van der Waals surface area contributed by atoms with E-state index >= 15 is 0 Å². The lowest BCUT2D eigenvalue weighted by molar-refractivity contribution is 0.213. The van der Waals surface area contributed by atoms with Crippen molar-refractivity contribution in [2.75, 3.05) is 27.2 Å². The van der Waals surface area contributed by atoms with Gasteiger partial charge in [-0.2, -0.15) is 5.26 Å². The van der Waals surface area contributed by atoms with Gasteiger partial charge in [-0.3, -0.25) is 9.88 Å². The van der Waals surface area contributed by atoms with E-state index in [0.717, 1.165) is 25.1 Å². The van der Waals surface area contributed by atoms with Gasteiger partial charge in [-0.05, 0) is 62.3 Å². The van der Waals surface area contributed by atoms with Crippen LogP contribution in [0.1, 0.15) is 29.2 Å². The summed E-state index contributed by atoms with van der Waals surface area (Å²) < 4.78 is 13.5. The molecule has 0 saturated carbocycles. The summed E-state index contributed by atoms with van der Waals surface area (Å²) in [6.07, 6.45) is 4.91. The first-order valence-corrected chi connectivity index (χ1v) is 8.55. The summed E-state index contributed by atoms with van der Waals surface area (Å²) in [5, 5.41) is 8.98. The highest BCUT2D eigenvalue weighted by atomic mass is 19.1. The predicted octanol–water partition coefficient (Wildman–Crippen LogP) is 3.22. The van der Waals surface area contributed by atoms with Gasteiger partial charge in [0.05, 0.1) is 5.56 Å². The molecule has 4 nitrogen and oxygen atoms in total. The average molecular weight is 338 g/mol. The lowest BCUT2D eigenvalue weighted by Gasteiger charge is -2.28. The lowest BCUT2D eigenvalue weighted by Crippen LogP contribution is -2.30. The smallest absolute Gasteiger partial charge is 0.140 e. The molecule has 5 heteroatoms. The van der Waals surface area contributed by atoms with E-state index < -0.39 is 5.82 Å². The van der Waals surface area contributed by atoms with E-state index in [0.29, 0.717) is 18.5 Å². The topological polar surface area (TPSA) is 43.2 Å². The van der Waals surface area contributed by atoms with Gasteiger partial charge in [0, 0.05) is 31.5 Å². The summed E-state index contributed by atoms with van der Waals surface area (Å²) in [5.41, 5.74) is 2.33. The molecule has 0 aliphatic carbocycles. The van der Waals surface area contributed by atoms with E-state index in [9.17, 15) is 4.39 Å². The van der Waals surface area contributed by atoms with E-state index in [2.05, 4.69) is 34.9 Å². The van der Waals surface area contributed by atoms with E-state index in [-0.39, 0.29) is 5.56 Å². The van der Waals surface area contributed by atoms with Crippen LogP contribution < -0.4 is 0 Å². The Balaban J connectivity index is 1.68. The summed E-state index contributed by atoms with van der Waals surface area (Å²) in [6, 6.07) is 11.2. The number of likely N-dealkylation sites (tertiary alicyclic amines) is 1. The third kappa shape index (κ3) is 4.04. The van der Waals surface area contributed by atoms with Crippen molar-refractivity contribution in [3.63, 3.8) is 0 Å². The molecule has 25 heavy (non-hydrogen) atoms. The molecule has 0 N–H and O–H groups in total. The number of nitriles is 1. The number of nitrogens with zero attached hydrogens (tertiary/aromatic N) is 4. The lowest BCUT2D eigenvalue weighted by atomic mass is 9.94. The Kier molecular flexibility index (Phi) is 5.42. The minimum Gasteiger partial charge on any atom is -0.302 e. The number of aromatic nitrogens is 1. The number of halogens is 1. The van der Waals surface area contributed by atoms with Crippen molar-refractivity contribution in [1.82, 2.24) is 14.8 Å². The zero-order chi connectivity index (χ0) is 17.8. The normalized spacial score (nSPS) is 20.8. The van der Waals surface area contributed by atoms with Crippen molar-refractivity contribution in [2.45, 2.75) is 19.0 Å². The van der Waals surface area contributed by atoms with Crippen LogP contribution in [0.25, 0.3) is 0 Å². The van der Waals surface area contributed by atoms with Crippen LogP contribution in [-0.2, 0) is 6.54 Å². The van der Waals surface area contributed by atoms with Crippen LogP contribution in [0.5, 0.6) is 0 Å². The summed E-state index contributed by atoms with van der Waals surface area (Å²) in [7, 11) is 4.24. The molecule has 0 bridgehead atoms. The van der Waals surface area contributed by atoms with Gasteiger partial charge in [-0.25, -0.2) is 4.39 Å². The molecule has 3 rings (SSSR count). The molecule has 1 saturated heterocycles. The number of benzene rings is 1. The highest BCUT2D eigenvalue weighted by Gasteiger charge is 2.33. The van der Waals surface area contributed by atoms with E-state index in [1.165, 1.54) is 11.6 Å². The Morgan fingerprint density at radius 1 is 1.40 bits per heavy atom. The second-order valence-corrected chi connectivity index (χ2v) is 6.88. The molecule has 130 valence electrons. The first-order valence-electron chi connectivity index (χ1n) is 8.55. The quantitative estimate of drug-likeness (QED) is 0.840. The van der Waals surface area contributed by atoms with Gasteiger partial charge >= 0.3 is 0 Å². The van der Waals surface area contributed by atoms with Crippen LogP contribution in [0.15, 0.2) is 42.7 Å². The molecular formula is C20H23FN4. The van der Waals surface area contributed by atoms with Gasteiger partial charge in [0.25, 0.3) is 0 Å². The van der Waals surface area contributed by atoms with E-state index in [4.69, 9.17) is 5.26 Å². The maximum absolute atomic E-state index is 13.5. The Morgan fingerprint density at radius 3 is 2.96 bits per heavy atom. The monoisotopic (exact) mass is 338 g/mol. The fourth-order valence-corrected chi connectivity index (χ4v) is 3.83. The Hall–Kier alpha value is -2.29. The largest absolute Gasteiger partial charge is 0.302 e. The predicted molar refractivity (Wildman–Crippen MR) is 95.2 cm³/mol. The van der Waals surface area contributed by atoms with Crippen molar-refractivity contribution in [3.05, 3.63) is 65.2 Å². The molecule has 1 aromatic carbocycles. The second kappa shape index (κ2) is 7.73. The van der Waals surface area contributed by atoms with Crippen LogP contribution in [0.4, 0.5) is 4.39 Å². The molecule has 2 aromatic rings. The molecule has 1 fully saturated rings. The minimum atomic E-state index is -0.456. The third-order valence-electron chi connectivity index (χ3n) is 4.95. The maximum Gasteiger partial charge on any atom is 0.140 e. The van der Waals surface area contributed by atoms with Gasteiger partial charge in [0.15, 0.2) is 0 Å². The highest BCUT2D eigenvalue weighted by Crippen LogP contribution is 2.36. The maximum atomic E-state index is 13.5. The zero-order valence-corrected chi connectivity index (χ0v) is 14.7. The van der Waals surface area contributed by atoms with Gasteiger partial charge < -0.3 is 4.90 Å². The summed E-state index contributed by atoms with van der Waals surface area (Å²) in [6.45, 7) is 2.73. The van der Waals surface area contributed by atoms with E-state index in [1.807, 2.05) is 18.3 Å². The van der Waals surface area contributed by atoms with Crippen molar-refractivity contribution < 1.29 is 4.39 Å². The van der Waals surface area contributed by atoms with Gasteiger partial charge in [-0.1, -0.05) is 12.1 Å². The molecule has 0 amide bonds. The van der Waals surface area contributed by atoms with Crippen molar-refractivity contribution in [1.29, 1.82) is 5.26 Å². The SMILES string of the molecule is CN(Cc1ccc(F)c(C#N)c1)C[C@@H]1CCN(C)[C@H]1c1cccnc1. The second-order valence-electron chi connectivity index (χ2n) is 6.88. The van der Waals surface area contributed by atoms with Gasteiger partial charge in [0.2, 0.25) is 0 Å². The minimum absolute atomic E-state index is 0.111. The van der Waals surface area contributed by atoms with Crippen LogP contribution in [0.3, 0.4) is 0 Å².